The first-order valence-electron chi connectivity index (χ1n) is 23.3. The molecule has 0 fully saturated rings. The number of thiocarbonyl (C=S) groups is 1. The molecule has 332 valence electrons. The van der Waals surface area contributed by atoms with Gasteiger partial charge in [0.25, 0.3) is 0 Å². The summed E-state index contributed by atoms with van der Waals surface area (Å²) in [5, 5.41) is 4.36. The van der Waals surface area contributed by atoms with Gasteiger partial charge in [-0.05, 0) is 209 Å². The Hall–Kier alpha value is -4.82. The number of hydrogen-bond donors (Lipinski definition) is 4. The fraction of sp³-hybridized carbons (Fsp3) is 0.481. The molecule has 0 amide bonds. The van der Waals surface area contributed by atoms with E-state index in [4.69, 9.17) is 27.9 Å². The van der Waals surface area contributed by atoms with Gasteiger partial charge in [0.2, 0.25) is 0 Å². The molecule has 2 aliphatic rings. The number of aromatic amines is 2. The average molecular weight is 854 g/mol. The van der Waals surface area contributed by atoms with Crippen molar-refractivity contribution in [2.24, 2.45) is 34.5 Å². The van der Waals surface area contributed by atoms with Crippen LogP contribution in [0.15, 0.2) is 64.3 Å². The van der Waals surface area contributed by atoms with Crippen molar-refractivity contribution in [2.45, 2.75) is 146 Å². The third-order valence-corrected chi connectivity index (χ3v) is 12.2. The van der Waals surface area contributed by atoms with Crippen LogP contribution in [0, 0.1) is 23.7 Å². The molecule has 0 saturated heterocycles. The molecule has 0 spiro atoms. The molecule has 0 saturated carbocycles. The molecule has 3 aromatic rings. The maximum absolute atomic E-state index is 5.58. The van der Waals surface area contributed by atoms with Crippen molar-refractivity contribution in [2.75, 3.05) is 0 Å². The van der Waals surface area contributed by atoms with Gasteiger partial charge in [0.05, 0.1) is 22.8 Å². The van der Waals surface area contributed by atoms with Crippen LogP contribution in [0.25, 0.3) is 46.4 Å². The molecular weight excluding hydrogens is 779 g/mol. The lowest BCUT2D eigenvalue weighted by Gasteiger charge is -2.13. The lowest BCUT2D eigenvalue weighted by atomic mass is 9.95. The van der Waals surface area contributed by atoms with Crippen LogP contribution in [0.2, 0.25) is 0 Å². The van der Waals surface area contributed by atoms with E-state index in [9.17, 15) is 0 Å². The molecule has 0 radical (unpaired) electrons. The zero-order valence-corrected chi connectivity index (χ0v) is 40.4. The van der Waals surface area contributed by atoms with E-state index in [0.717, 1.165) is 111 Å². The van der Waals surface area contributed by atoms with Gasteiger partial charge < -0.3 is 15.7 Å². The van der Waals surface area contributed by atoms with Crippen LogP contribution in [-0.2, 0) is 25.7 Å². The summed E-state index contributed by atoms with van der Waals surface area (Å²) >= 11 is 4.93. The normalized spacial score (nSPS) is 14.1. The molecule has 0 unspecified atom stereocenters. The molecular formula is C54H75N7S. The standard InChI is InChI=1S/C54H75N7S/c1-35(2)15-11-18-38(7)31-42-46-22-24-48(57-46)43(32-39(8)19-12-16-36(3)4)50-26-28-52(59-50)45(34-41(10)21-14-30-56-61-54(55)62)53-29-27-51(60-53)44(49-25-23-47(42)58-49)33-40(9)20-13-17-37(5)6/h15-17,22-30,38-41,57-58H,11-14,18-21,31-34H2,1-10H3,(H3,55,61,62)/b46-42?,47-42?,48-43?,49-44?,50-43?,51-44?,52-45?,53-45?,56-30+/t38-,39-,40-,41-/m1/s1. The zero-order valence-electron chi connectivity index (χ0n) is 39.6. The summed E-state index contributed by atoms with van der Waals surface area (Å²) in [6, 6.07) is 9.22. The van der Waals surface area contributed by atoms with Gasteiger partial charge in [-0.3, -0.25) is 5.43 Å². The Morgan fingerprint density at radius 3 is 1.24 bits per heavy atom. The Kier molecular flexibility index (Phi) is 18.3. The summed E-state index contributed by atoms with van der Waals surface area (Å²) in [6.45, 7) is 22.6. The first-order valence-corrected chi connectivity index (χ1v) is 23.7. The minimum atomic E-state index is 0.175. The minimum absolute atomic E-state index is 0.175. The summed E-state index contributed by atoms with van der Waals surface area (Å²) < 4.78 is 0. The molecule has 0 aromatic carbocycles. The summed E-state index contributed by atoms with van der Waals surface area (Å²) in [5.74, 6) is 1.83. The van der Waals surface area contributed by atoms with Crippen molar-refractivity contribution in [3.8, 4) is 0 Å². The Balaban J connectivity index is 1.75. The fourth-order valence-corrected chi connectivity index (χ4v) is 8.66. The van der Waals surface area contributed by atoms with Gasteiger partial charge >= 0.3 is 0 Å². The Morgan fingerprint density at radius 2 is 0.871 bits per heavy atom. The molecule has 4 atom stereocenters. The summed E-state index contributed by atoms with van der Waals surface area (Å²) in [7, 11) is 0. The SMILES string of the molecule is CC(C)=CCC[C@@H](C)Cc1c2nc(c(C[C@H](C)CC/C=N/NC(N)=S)c3nc(c(C[C@H](C)CCC=C(C)C)c4ccc([nH]4)c(C[C@H](C)CCC=C(C)C)c4ccc1[nH]4)C=C3)C=C2. The van der Waals surface area contributed by atoms with Crippen LogP contribution >= 0.6 is 12.2 Å². The van der Waals surface area contributed by atoms with E-state index >= 15 is 0 Å². The van der Waals surface area contributed by atoms with E-state index in [1.807, 2.05) is 6.21 Å². The maximum atomic E-state index is 5.58. The third-order valence-electron chi connectivity index (χ3n) is 12.1. The number of H-pyrrole nitrogens is 2. The third kappa shape index (κ3) is 14.6. The first kappa shape index (κ1) is 48.2. The van der Waals surface area contributed by atoms with E-state index in [1.165, 1.54) is 50.0 Å². The van der Waals surface area contributed by atoms with E-state index in [-0.39, 0.29) is 5.11 Å². The predicted molar refractivity (Wildman–Crippen MR) is 274 cm³/mol. The summed E-state index contributed by atoms with van der Waals surface area (Å²) in [6.07, 6.45) is 30.0. The second-order valence-electron chi connectivity index (χ2n) is 19.1. The monoisotopic (exact) mass is 854 g/mol. The molecule has 2 aliphatic heterocycles. The van der Waals surface area contributed by atoms with Crippen molar-refractivity contribution in [3.63, 3.8) is 0 Å². The lowest BCUT2D eigenvalue weighted by Crippen LogP contribution is -2.23. The summed E-state index contributed by atoms with van der Waals surface area (Å²) in [4.78, 5) is 19.0. The van der Waals surface area contributed by atoms with E-state index in [0.29, 0.717) is 23.7 Å². The van der Waals surface area contributed by atoms with Crippen LogP contribution in [0.1, 0.15) is 166 Å². The number of aromatic nitrogens is 4. The van der Waals surface area contributed by atoms with Crippen molar-refractivity contribution in [1.29, 1.82) is 0 Å². The smallest absolute Gasteiger partial charge is 0.184 e. The van der Waals surface area contributed by atoms with Crippen LogP contribution < -0.4 is 11.2 Å². The van der Waals surface area contributed by atoms with E-state index in [2.05, 4.69) is 157 Å². The van der Waals surface area contributed by atoms with Crippen LogP contribution in [0.5, 0.6) is 0 Å². The molecule has 0 aliphatic carbocycles. The molecule has 62 heavy (non-hydrogen) atoms. The lowest BCUT2D eigenvalue weighted by molar-refractivity contribution is 0.535. The van der Waals surface area contributed by atoms with Crippen molar-refractivity contribution in [1.82, 2.24) is 25.4 Å². The molecule has 7 nitrogen and oxygen atoms in total. The Bertz CT molecular complexity index is 2220. The number of rotatable bonds is 21. The minimum Gasteiger partial charge on any atom is -0.375 e. The van der Waals surface area contributed by atoms with Crippen LogP contribution in [0.4, 0.5) is 0 Å². The number of fused-ring (bicyclic) bond motifs is 8. The fourth-order valence-electron chi connectivity index (χ4n) is 8.61. The highest BCUT2D eigenvalue weighted by atomic mass is 32.1. The number of nitrogens with one attached hydrogen (secondary N) is 3. The quantitative estimate of drug-likeness (QED) is 0.0254. The molecule has 8 heteroatoms. The first-order chi connectivity index (χ1) is 29.7. The van der Waals surface area contributed by atoms with Gasteiger partial charge in [0.1, 0.15) is 0 Å². The molecule has 5 heterocycles. The molecule has 8 bridgehead atoms. The van der Waals surface area contributed by atoms with Gasteiger partial charge in [-0.15, -0.1) is 0 Å². The number of allylic oxidation sites excluding steroid dienone is 6. The largest absolute Gasteiger partial charge is 0.375 e. The molecule has 3 aromatic heterocycles. The molecule has 5 rings (SSSR count). The highest BCUT2D eigenvalue weighted by Crippen LogP contribution is 2.32. The number of nitrogens with two attached hydrogens (primary N) is 1. The van der Waals surface area contributed by atoms with Gasteiger partial charge in [0.15, 0.2) is 5.11 Å². The van der Waals surface area contributed by atoms with Crippen LogP contribution in [0.3, 0.4) is 0 Å². The van der Waals surface area contributed by atoms with E-state index in [1.54, 1.807) is 0 Å². The van der Waals surface area contributed by atoms with Crippen LogP contribution in [-0.4, -0.2) is 31.3 Å². The van der Waals surface area contributed by atoms with Crippen molar-refractivity contribution in [3.05, 3.63) is 104 Å². The highest BCUT2D eigenvalue weighted by Gasteiger charge is 2.20. The summed E-state index contributed by atoms with van der Waals surface area (Å²) in [5.41, 5.74) is 26.2. The Morgan fingerprint density at radius 1 is 0.548 bits per heavy atom. The van der Waals surface area contributed by atoms with Crippen molar-refractivity contribution < 1.29 is 0 Å². The predicted octanol–water partition coefficient (Wildman–Crippen LogP) is 14.2. The maximum Gasteiger partial charge on any atom is 0.184 e. The second-order valence-corrected chi connectivity index (χ2v) is 19.5. The molecule has 5 N–H and O–H groups in total. The highest BCUT2D eigenvalue weighted by molar-refractivity contribution is 7.80. The number of nitrogens with zero attached hydrogens (tertiary/aromatic N) is 3. The van der Waals surface area contributed by atoms with Gasteiger partial charge in [-0.25, -0.2) is 9.97 Å². The number of hydrogen-bond acceptors (Lipinski definition) is 4. The topological polar surface area (TPSA) is 108 Å². The van der Waals surface area contributed by atoms with Gasteiger partial charge in [-0.1, -0.05) is 62.6 Å². The second kappa shape index (κ2) is 23.6. The van der Waals surface area contributed by atoms with Crippen molar-refractivity contribution >= 4 is 69.9 Å². The van der Waals surface area contributed by atoms with Gasteiger partial charge in [-0.2, -0.15) is 5.10 Å². The van der Waals surface area contributed by atoms with E-state index < -0.39 is 0 Å². The Labute approximate surface area is 378 Å². The van der Waals surface area contributed by atoms with Gasteiger partial charge in [0, 0.05) is 45.0 Å². The zero-order chi connectivity index (χ0) is 44.8. The number of hydrazone groups is 1. The average Bonchev–Trinajstić information content (AvgIpc) is 4.04.